The lowest BCUT2D eigenvalue weighted by Gasteiger charge is -2.29. The third-order valence-corrected chi connectivity index (χ3v) is 3.47. The van der Waals surface area contributed by atoms with Gasteiger partial charge in [0.2, 0.25) is 0 Å². The molecule has 0 saturated heterocycles. The van der Waals surface area contributed by atoms with Gasteiger partial charge < -0.3 is 5.73 Å². The Balaban J connectivity index is 3.31. The van der Waals surface area contributed by atoms with Gasteiger partial charge in [0.05, 0.1) is 10.0 Å². The molecule has 84 valence electrons. The molecule has 0 heterocycles. The van der Waals surface area contributed by atoms with Gasteiger partial charge in [-0.2, -0.15) is 0 Å². The fourth-order valence-electron chi connectivity index (χ4n) is 1.26. The first-order valence-electron chi connectivity index (χ1n) is 4.64. The van der Waals surface area contributed by atoms with Crippen molar-refractivity contribution in [1.82, 2.24) is 0 Å². The van der Waals surface area contributed by atoms with Gasteiger partial charge in [-0.15, -0.1) is 0 Å². The molecule has 0 amide bonds. The predicted octanol–water partition coefficient (Wildman–Crippen LogP) is 4.69. The van der Waals surface area contributed by atoms with Gasteiger partial charge in [-0.1, -0.05) is 55.6 Å². The number of hydrogen-bond acceptors (Lipinski definition) is 1. The van der Waals surface area contributed by atoms with Crippen molar-refractivity contribution in [2.75, 3.05) is 0 Å². The van der Waals surface area contributed by atoms with Crippen LogP contribution in [0.4, 0.5) is 0 Å². The largest absolute Gasteiger partial charge is 0.323 e. The molecule has 0 radical (unpaired) electrons. The minimum Gasteiger partial charge on any atom is -0.323 e. The maximum atomic E-state index is 6.12. The van der Waals surface area contributed by atoms with Crippen molar-refractivity contribution in [3.63, 3.8) is 0 Å². The van der Waals surface area contributed by atoms with Gasteiger partial charge in [0.1, 0.15) is 0 Å². The van der Waals surface area contributed by atoms with Crippen LogP contribution in [0.2, 0.25) is 15.1 Å². The minimum absolute atomic E-state index is 0.113. The second-order valence-electron chi connectivity index (χ2n) is 4.60. The number of nitrogens with two attached hydrogens (primary N) is 1. The van der Waals surface area contributed by atoms with Crippen LogP contribution in [0, 0.1) is 5.41 Å². The van der Waals surface area contributed by atoms with E-state index in [0.717, 1.165) is 5.56 Å². The molecule has 2 N–H and O–H groups in total. The Hall–Kier alpha value is 0.0500. The highest BCUT2D eigenvalue weighted by Gasteiger charge is 2.27. The van der Waals surface area contributed by atoms with Crippen LogP contribution < -0.4 is 5.73 Å². The Morgan fingerprint density at radius 1 is 1.07 bits per heavy atom. The van der Waals surface area contributed by atoms with Gasteiger partial charge in [0, 0.05) is 16.6 Å². The van der Waals surface area contributed by atoms with Gasteiger partial charge in [-0.25, -0.2) is 0 Å². The zero-order valence-electron chi connectivity index (χ0n) is 8.94. The Kier molecular flexibility index (Phi) is 3.94. The predicted molar refractivity (Wildman–Crippen MR) is 67.9 cm³/mol. The minimum atomic E-state index is -0.240. The van der Waals surface area contributed by atoms with Gasteiger partial charge in [0.25, 0.3) is 0 Å². The molecular formula is C11H14Cl3N. The van der Waals surface area contributed by atoms with Gasteiger partial charge >= 0.3 is 0 Å². The van der Waals surface area contributed by atoms with E-state index in [0.29, 0.717) is 15.1 Å². The smallest absolute Gasteiger partial charge is 0.0655 e. The van der Waals surface area contributed by atoms with Crippen LogP contribution in [0.3, 0.4) is 0 Å². The van der Waals surface area contributed by atoms with Crippen molar-refractivity contribution in [3.8, 4) is 0 Å². The third-order valence-electron chi connectivity index (χ3n) is 2.32. The van der Waals surface area contributed by atoms with E-state index in [9.17, 15) is 0 Å². The second kappa shape index (κ2) is 4.50. The molecule has 0 aromatic heterocycles. The lowest BCUT2D eigenvalue weighted by atomic mass is 9.83. The molecule has 1 aromatic carbocycles. The van der Waals surface area contributed by atoms with E-state index in [-0.39, 0.29) is 11.5 Å². The summed E-state index contributed by atoms with van der Waals surface area (Å²) in [6, 6.07) is 3.15. The average Bonchev–Trinajstić information content (AvgIpc) is 2.10. The maximum absolute atomic E-state index is 6.12. The average molecular weight is 267 g/mol. The van der Waals surface area contributed by atoms with Crippen molar-refractivity contribution < 1.29 is 0 Å². The van der Waals surface area contributed by atoms with Gasteiger partial charge in [-0.05, 0) is 17.5 Å². The van der Waals surface area contributed by atoms with E-state index >= 15 is 0 Å². The van der Waals surface area contributed by atoms with Crippen LogP contribution in [-0.2, 0) is 0 Å². The Bertz CT molecular complexity index is 369. The Labute approximate surface area is 106 Å². The molecule has 0 fully saturated rings. The van der Waals surface area contributed by atoms with Crippen molar-refractivity contribution in [1.29, 1.82) is 0 Å². The zero-order valence-corrected chi connectivity index (χ0v) is 11.2. The molecule has 0 aliphatic carbocycles. The van der Waals surface area contributed by atoms with Crippen molar-refractivity contribution in [2.45, 2.75) is 26.8 Å². The normalized spacial score (nSPS) is 14.1. The highest BCUT2D eigenvalue weighted by Crippen LogP contribution is 2.41. The van der Waals surface area contributed by atoms with Crippen LogP contribution in [0.5, 0.6) is 0 Å². The van der Waals surface area contributed by atoms with Crippen LogP contribution in [0.25, 0.3) is 0 Å². The summed E-state index contributed by atoms with van der Waals surface area (Å²) in [7, 11) is 0. The summed E-state index contributed by atoms with van der Waals surface area (Å²) >= 11 is 18.1. The fourth-order valence-corrected chi connectivity index (χ4v) is 2.03. The van der Waals surface area contributed by atoms with E-state index in [1.54, 1.807) is 12.1 Å². The summed E-state index contributed by atoms with van der Waals surface area (Å²) in [5.74, 6) is 0. The van der Waals surface area contributed by atoms with E-state index in [4.69, 9.17) is 40.5 Å². The Morgan fingerprint density at radius 3 is 2.00 bits per heavy atom. The monoisotopic (exact) mass is 265 g/mol. The fraction of sp³-hybridized carbons (Fsp3) is 0.455. The van der Waals surface area contributed by atoms with Crippen LogP contribution in [-0.4, -0.2) is 0 Å². The molecule has 1 aromatic rings. The molecule has 15 heavy (non-hydrogen) atoms. The molecule has 4 heteroatoms. The topological polar surface area (TPSA) is 26.0 Å². The number of rotatable bonds is 1. The lowest BCUT2D eigenvalue weighted by Crippen LogP contribution is -2.26. The van der Waals surface area contributed by atoms with E-state index in [1.165, 1.54) is 0 Å². The standard InChI is InChI=1S/C11H14Cl3N/c1-11(2,3)10(15)8-6(12)4-5-7(13)9(8)14/h4-5,10H,15H2,1-3H3/t10-/m1/s1. The molecule has 1 nitrogen and oxygen atoms in total. The summed E-state index contributed by atoms with van der Waals surface area (Å²) in [5, 5.41) is 1.49. The lowest BCUT2D eigenvalue weighted by molar-refractivity contribution is 0.327. The van der Waals surface area contributed by atoms with Gasteiger partial charge in [0.15, 0.2) is 0 Å². The number of halogens is 3. The number of benzene rings is 1. The molecule has 1 rings (SSSR count). The van der Waals surface area contributed by atoms with Crippen LogP contribution >= 0.6 is 34.8 Å². The van der Waals surface area contributed by atoms with Crippen molar-refractivity contribution in [2.24, 2.45) is 11.1 Å². The molecule has 1 atom stereocenters. The van der Waals surface area contributed by atoms with E-state index in [1.807, 2.05) is 20.8 Å². The molecular weight excluding hydrogens is 252 g/mol. The van der Waals surface area contributed by atoms with E-state index < -0.39 is 0 Å². The summed E-state index contributed by atoms with van der Waals surface area (Å²) in [6.45, 7) is 6.10. The van der Waals surface area contributed by atoms with Crippen molar-refractivity contribution >= 4 is 34.8 Å². The highest BCUT2D eigenvalue weighted by molar-refractivity contribution is 6.44. The highest BCUT2D eigenvalue weighted by atomic mass is 35.5. The third kappa shape index (κ3) is 2.79. The molecule has 0 spiro atoms. The first-order chi connectivity index (χ1) is 6.75. The summed E-state index contributed by atoms with van der Waals surface area (Å²) < 4.78 is 0. The molecule has 0 unspecified atom stereocenters. The quantitative estimate of drug-likeness (QED) is 0.733. The number of hydrogen-bond donors (Lipinski definition) is 1. The van der Waals surface area contributed by atoms with Crippen LogP contribution in [0.1, 0.15) is 32.4 Å². The molecule has 0 saturated carbocycles. The zero-order chi connectivity index (χ0) is 11.8. The van der Waals surface area contributed by atoms with Crippen LogP contribution in [0.15, 0.2) is 12.1 Å². The van der Waals surface area contributed by atoms with Gasteiger partial charge in [-0.3, -0.25) is 0 Å². The first-order valence-corrected chi connectivity index (χ1v) is 5.77. The molecule has 0 aliphatic heterocycles. The first kappa shape index (κ1) is 13.1. The molecule has 0 aliphatic rings. The maximum Gasteiger partial charge on any atom is 0.0655 e. The SMILES string of the molecule is CC(C)(C)[C@H](N)c1c(Cl)ccc(Cl)c1Cl. The Morgan fingerprint density at radius 2 is 1.53 bits per heavy atom. The van der Waals surface area contributed by atoms with Crippen molar-refractivity contribution in [3.05, 3.63) is 32.8 Å². The summed E-state index contributed by atoms with van der Waals surface area (Å²) in [4.78, 5) is 0. The second-order valence-corrected chi connectivity index (χ2v) is 5.79. The molecule has 0 bridgehead atoms. The summed E-state index contributed by atoms with van der Waals surface area (Å²) in [5.41, 5.74) is 6.72. The van der Waals surface area contributed by atoms with E-state index in [2.05, 4.69) is 0 Å². The summed E-state index contributed by atoms with van der Waals surface area (Å²) in [6.07, 6.45) is 0.